The molecule has 5 heteroatoms. The van der Waals surface area contributed by atoms with Crippen LogP contribution in [0.4, 0.5) is 0 Å². The molecule has 3 nitrogen and oxygen atoms in total. The highest BCUT2D eigenvalue weighted by atomic mass is 79.9. The minimum Gasteiger partial charge on any atom is -0.258 e. The van der Waals surface area contributed by atoms with Gasteiger partial charge in [0.2, 0.25) is 0 Å². The summed E-state index contributed by atoms with van der Waals surface area (Å²) in [5, 5.41) is 0. The Morgan fingerprint density at radius 2 is 1.79 bits per heavy atom. The largest absolute Gasteiger partial charge is 0.258 e. The van der Waals surface area contributed by atoms with Gasteiger partial charge in [-0.15, -0.1) is 0 Å². The van der Waals surface area contributed by atoms with Crippen molar-refractivity contribution < 1.29 is 0 Å². The zero-order valence-corrected chi connectivity index (χ0v) is 10.2. The molecule has 0 saturated heterocycles. The predicted molar refractivity (Wildman–Crippen MR) is 60.3 cm³/mol. The van der Waals surface area contributed by atoms with Crippen LogP contribution in [0.25, 0.3) is 11.4 Å². The molecule has 0 fully saturated rings. The van der Waals surface area contributed by atoms with Gasteiger partial charge in [0.15, 0.2) is 9.74 Å². The first kappa shape index (κ1) is 9.73. The molecule has 72 valence electrons. The van der Waals surface area contributed by atoms with Crippen molar-refractivity contribution in [2.75, 3.05) is 0 Å². The van der Waals surface area contributed by atoms with E-state index in [1.165, 1.54) is 11.5 Å². The molecule has 2 aromatic rings. The lowest BCUT2D eigenvalue weighted by atomic mass is 10.2. The average Bonchev–Trinajstić information content (AvgIpc) is 2.50. The molecule has 0 aliphatic carbocycles. The van der Waals surface area contributed by atoms with Crippen LogP contribution >= 0.6 is 27.5 Å². The van der Waals surface area contributed by atoms with E-state index >= 15 is 0 Å². The lowest BCUT2D eigenvalue weighted by molar-refractivity contribution is 1.12. The molecule has 0 atom stereocenters. The maximum Gasteiger partial charge on any atom is 0.179 e. The van der Waals surface area contributed by atoms with Gasteiger partial charge in [-0.1, -0.05) is 0 Å². The molecule has 0 bridgehead atoms. The SMILES string of the molecule is Cc1cc(-c2nsc(Br)n2)cc(C)n1. The quantitative estimate of drug-likeness (QED) is 0.799. The van der Waals surface area contributed by atoms with E-state index in [0.29, 0.717) is 0 Å². The summed E-state index contributed by atoms with van der Waals surface area (Å²) < 4.78 is 5.03. The minimum absolute atomic E-state index is 0.760. The van der Waals surface area contributed by atoms with E-state index in [1.54, 1.807) is 0 Å². The molecule has 2 heterocycles. The van der Waals surface area contributed by atoms with Gasteiger partial charge in [-0.2, -0.15) is 4.37 Å². The van der Waals surface area contributed by atoms with Crippen LogP contribution < -0.4 is 0 Å². The van der Waals surface area contributed by atoms with Crippen molar-refractivity contribution in [1.82, 2.24) is 14.3 Å². The van der Waals surface area contributed by atoms with Crippen LogP contribution in [0, 0.1) is 13.8 Å². The summed E-state index contributed by atoms with van der Waals surface area (Å²) in [4.78, 5) is 8.56. The van der Waals surface area contributed by atoms with Gasteiger partial charge in [0.1, 0.15) is 0 Å². The zero-order valence-electron chi connectivity index (χ0n) is 7.78. The molecule has 0 spiro atoms. The molecular formula is C9H8BrN3S. The first-order valence-electron chi connectivity index (χ1n) is 4.10. The first-order chi connectivity index (χ1) is 6.65. The molecule has 0 aliphatic rings. The molecule has 0 aromatic carbocycles. The molecule has 0 unspecified atom stereocenters. The highest BCUT2D eigenvalue weighted by Crippen LogP contribution is 2.22. The molecule has 2 rings (SSSR count). The van der Waals surface area contributed by atoms with Gasteiger partial charge in [-0.3, -0.25) is 4.98 Å². The first-order valence-corrected chi connectivity index (χ1v) is 5.66. The van der Waals surface area contributed by atoms with Crippen LogP contribution in [0.15, 0.2) is 16.0 Å². The smallest absolute Gasteiger partial charge is 0.179 e. The van der Waals surface area contributed by atoms with Crippen molar-refractivity contribution in [2.24, 2.45) is 0 Å². The second-order valence-electron chi connectivity index (χ2n) is 3.01. The van der Waals surface area contributed by atoms with Crippen molar-refractivity contribution in [2.45, 2.75) is 13.8 Å². The summed E-state index contributed by atoms with van der Waals surface area (Å²) in [5.41, 5.74) is 3.01. The number of aromatic nitrogens is 3. The topological polar surface area (TPSA) is 38.7 Å². The Balaban J connectivity index is 2.51. The zero-order chi connectivity index (χ0) is 10.1. The lowest BCUT2D eigenvalue weighted by Gasteiger charge is -1.99. The molecule has 14 heavy (non-hydrogen) atoms. The second-order valence-corrected chi connectivity index (χ2v) is 5.04. The predicted octanol–water partition coefficient (Wildman–Crippen LogP) is 2.98. The third-order valence-corrected chi connectivity index (χ3v) is 2.86. The Hall–Kier alpha value is -0.810. The van der Waals surface area contributed by atoms with Crippen molar-refractivity contribution >= 4 is 27.5 Å². The number of pyridine rings is 1. The van der Waals surface area contributed by atoms with Crippen molar-refractivity contribution in [3.05, 3.63) is 27.4 Å². The Morgan fingerprint density at radius 3 is 2.29 bits per heavy atom. The Kier molecular flexibility index (Phi) is 2.60. The molecule has 2 aromatic heterocycles. The standard InChI is InChI=1S/C9H8BrN3S/c1-5-3-7(4-6(2)11-5)8-12-9(10)14-13-8/h3-4H,1-2H3. The highest BCUT2D eigenvalue weighted by molar-refractivity contribution is 9.11. The fourth-order valence-corrected chi connectivity index (χ4v) is 2.11. The Morgan fingerprint density at radius 1 is 1.14 bits per heavy atom. The number of halogens is 1. The summed E-state index contributed by atoms with van der Waals surface area (Å²) in [6.45, 7) is 3.94. The number of nitrogens with zero attached hydrogens (tertiary/aromatic N) is 3. The number of rotatable bonds is 1. The summed E-state index contributed by atoms with van der Waals surface area (Å²) in [6.07, 6.45) is 0. The maximum absolute atomic E-state index is 4.30. The van der Waals surface area contributed by atoms with Crippen LogP contribution in [0.3, 0.4) is 0 Å². The normalized spacial score (nSPS) is 10.5. The van der Waals surface area contributed by atoms with E-state index in [2.05, 4.69) is 30.3 Å². The van der Waals surface area contributed by atoms with Gasteiger partial charge in [-0.25, -0.2) is 4.98 Å². The monoisotopic (exact) mass is 269 g/mol. The second kappa shape index (κ2) is 3.74. The minimum atomic E-state index is 0.760. The van der Waals surface area contributed by atoms with Gasteiger partial charge < -0.3 is 0 Å². The summed E-state index contributed by atoms with van der Waals surface area (Å²) in [5.74, 6) is 0.760. The number of hydrogen-bond donors (Lipinski definition) is 0. The van der Waals surface area contributed by atoms with Crippen molar-refractivity contribution in [3.8, 4) is 11.4 Å². The van der Waals surface area contributed by atoms with Gasteiger partial charge in [0.25, 0.3) is 0 Å². The van der Waals surface area contributed by atoms with Gasteiger partial charge in [0, 0.05) is 17.0 Å². The van der Waals surface area contributed by atoms with Crippen LogP contribution in [0.5, 0.6) is 0 Å². The van der Waals surface area contributed by atoms with Crippen molar-refractivity contribution in [1.29, 1.82) is 0 Å². The Labute approximate surface area is 94.5 Å². The van der Waals surface area contributed by atoms with E-state index in [4.69, 9.17) is 0 Å². The molecule has 0 amide bonds. The maximum atomic E-state index is 4.30. The van der Waals surface area contributed by atoms with Gasteiger partial charge >= 0.3 is 0 Å². The Bertz CT molecular complexity index is 447. The van der Waals surface area contributed by atoms with Crippen LogP contribution in [-0.2, 0) is 0 Å². The van der Waals surface area contributed by atoms with E-state index in [-0.39, 0.29) is 0 Å². The van der Waals surface area contributed by atoms with Gasteiger partial charge in [0.05, 0.1) is 0 Å². The van der Waals surface area contributed by atoms with Crippen LogP contribution in [0.1, 0.15) is 11.4 Å². The summed E-state index contributed by atoms with van der Waals surface area (Å²) >= 11 is 4.64. The molecule has 0 radical (unpaired) electrons. The van der Waals surface area contributed by atoms with E-state index in [9.17, 15) is 0 Å². The van der Waals surface area contributed by atoms with E-state index < -0.39 is 0 Å². The van der Waals surface area contributed by atoms with Gasteiger partial charge in [-0.05, 0) is 53.4 Å². The van der Waals surface area contributed by atoms with E-state index in [1.807, 2.05) is 26.0 Å². The molecule has 0 saturated carbocycles. The van der Waals surface area contributed by atoms with Crippen LogP contribution in [0.2, 0.25) is 0 Å². The van der Waals surface area contributed by atoms with Crippen LogP contribution in [-0.4, -0.2) is 14.3 Å². The lowest BCUT2D eigenvalue weighted by Crippen LogP contribution is -1.88. The number of aryl methyl sites for hydroxylation is 2. The molecule has 0 aliphatic heterocycles. The fourth-order valence-electron chi connectivity index (χ4n) is 1.29. The summed E-state index contributed by atoms with van der Waals surface area (Å²) in [7, 11) is 0. The third-order valence-electron chi connectivity index (χ3n) is 1.74. The molecule has 0 N–H and O–H groups in total. The average molecular weight is 270 g/mol. The molecular weight excluding hydrogens is 262 g/mol. The third kappa shape index (κ3) is 1.99. The number of hydrogen-bond acceptors (Lipinski definition) is 4. The van der Waals surface area contributed by atoms with Crippen molar-refractivity contribution in [3.63, 3.8) is 0 Å². The highest BCUT2D eigenvalue weighted by Gasteiger charge is 2.05. The van der Waals surface area contributed by atoms with E-state index in [0.717, 1.165) is 26.7 Å². The summed E-state index contributed by atoms with van der Waals surface area (Å²) in [6, 6.07) is 3.98. The fraction of sp³-hybridized carbons (Fsp3) is 0.222.